The molecular formula is C14H14Br2ClNO. The van der Waals surface area contributed by atoms with Crippen LogP contribution in [0.15, 0.2) is 43.7 Å². The van der Waals surface area contributed by atoms with Crippen molar-refractivity contribution in [2.24, 2.45) is 0 Å². The van der Waals surface area contributed by atoms with E-state index in [2.05, 4.69) is 37.2 Å². The first-order chi connectivity index (χ1) is 8.72. The first-order valence-electron chi connectivity index (χ1n) is 6.00. The van der Waals surface area contributed by atoms with Gasteiger partial charge >= 0.3 is 0 Å². The fourth-order valence-corrected chi connectivity index (χ4v) is 3.08. The Morgan fingerprint density at radius 1 is 1.16 bits per heavy atom. The highest BCUT2D eigenvalue weighted by molar-refractivity contribution is 9.11. The summed E-state index contributed by atoms with van der Waals surface area (Å²) in [5.74, 6) is 1.90. The summed E-state index contributed by atoms with van der Waals surface area (Å²) in [6, 6.07) is 10.9. The maximum absolute atomic E-state index is 5.86. The molecular weight excluding hydrogens is 393 g/mol. The Kier molecular flexibility index (Phi) is 5.12. The van der Waals surface area contributed by atoms with Crippen LogP contribution in [0.2, 0.25) is 0 Å². The van der Waals surface area contributed by atoms with Gasteiger partial charge in [-0.15, -0.1) is 12.4 Å². The summed E-state index contributed by atoms with van der Waals surface area (Å²) in [6.45, 7) is 0.818. The number of furan rings is 1. The molecule has 2 nitrogen and oxygen atoms in total. The van der Waals surface area contributed by atoms with Gasteiger partial charge in [0, 0.05) is 20.6 Å². The molecule has 19 heavy (non-hydrogen) atoms. The average Bonchev–Trinajstić information content (AvgIpc) is 3.05. The van der Waals surface area contributed by atoms with Crippen LogP contribution >= 0.6 is 44.3 Å². The number of halogens is 3. The minimum Gasteiger partial charge on any atom is -0.460 e. The van der Waals surface area contributed by atoms with Crippen molar-refractivity contribution in [2.45, 2.75) is 25.4 Å². The van der Waals surface area contributed by atoms with Gasteiger partial charge in [-0.05, 0) is 59.1 Å². The van der Waals surface area contributed by atoms with Crippen molar-refractivity contribution >= 4 is 44.3 Å². The lowest BCUT2D eigenvalue weighted by Crippen LogP contribution is -2.14. The zero-order valence-electron chi connectivity index (χ0n) is 10.2. The molecule has 0 unspecified atom stereocenters. The van der Waals surface area contributed by atoms with E-state index in [1.807, 2.05) is 30.3 Å². The molecule has 1 heterocycles. The maximum atomic E-state index is 5.86. The smallest absolute Gasteiger partial charge is 0.135 e. The largest absolute Gasteiger partial charge is 0.460 e. The van der Waals surface area contributed by atoms with Crippen molar-refractivity contribution in [3.8, 4) is 11.3 Å². The van der Waals surface area contributed by atoms with E-state index in [1.54, 1.807) is 0 Å². The van der Waals surface area contributed by atoms with Crippen LogP contribution in [0, 0.1) is 0 Å². The van der Waals surface area contributed by atoms with Crippen molar-refractivity contribution in [3.05, 3.63) is 45.0 Å². The average molecular weight is 408 g/mol. The van der Waals surface area contributed by atoms with Crippen LogP contribution in [0.1, 0.15) is 18.6 Å². The third-order valence-electron chi connectivity index (χ3n) is 3.00. The number of nitrogens with one attached hydrogen (secondary N) is 1. The number of benzene rings is 1. The Morgan fingerprint density at radius 3 is 2.63 bits per heavy atom. The summed E-state index contributed by atoms with van der Waals surface area (Å²) in [5, 5.41) is 3.45. The predicted octanol–water partition coefficient (Wildman–Crippen LogP) is 5.15. The Bertz CT molecular complexity index is 566. The second kappa shape index (κ2) is 6.44. The van der Waals surface area contributed by atoms with Gasteiger partial charge < -0.3 is 9.73 Å². The SMILES string of the molecule is Brc1ccc(-c2ccc(CNC3CC3)o2)c(Br)c1.Cl. The topological polar surface area (TPSA) is 25.2 Å². The van der Waals surface area contributed by atoms with Crippen molar-refractivity contribution in [3.63, 3.8) is 0 Å². The maximum Gasteiger partial charge on any atom is 0.135 e. The molecule has 1 aromatic heterocycles. The second-order valence-electron chi connectivity index (χ2n) is 4.55. The third kappa shape index (κ3) is 3.85. The van der Waals surface area contributed by atoms with E-state index in [0.717, 1.165) is 32.6 Å². The lowest BCUT2D eigenvalue weighted by Gasteiger charge is -2.02. The highest BCUT2D eigenvalue weighted by Crippen LogP contribution is 2.32. The zero-order chi connectivity index (χ0) is 12.5. The molecule has 0 saturated heterocycles. The van der Waals surface area contributed by atoms with Gasteiger partial charge in [-0.1, -0.05) is 15.9 Å². The fourth-order valence-electron chi connectivity index (χ4n) is 1.84. The molecule has 0 radical (unpaired) electrons. The van der Waals surface area contributed by atoms with Gasteiger partial charge in [-0.25, -0.2) is 0 Å². The Labute approximate surface area is 135 Å². The molecule has 3 rings (SSSR count). The summed E-state index contributed by atoms with van der Waals surface area (Å²) in [7, 11) is 0. The van der Waals surface area contributed by atoms with E-state index in [0.29, 0.717) is 6.04 Å². The normalized spacial score (nSPS) is 14.2. The van der Waals surface area contributed by atoms with E-state index in [4.69, 9.17) is 4.42 Å². The zero-order valence-corrected chi connectivity index (χ0v) is 14.1. The molecule has 102 valence electrons. The Morgan fingerprint density at radius 2 is 1.95 bits per heavy atom. The van der Waals surface area contributed by atoms with Crippen molar-refractivity contribution in [1.82, 2.24) is 5.32 Å². The van der Waals surface area contributed by atoms with E-state index in [9.17, 15) is 0 Å². The van der Waals surface area contributed by atoms with Gasteiger partial charge in [0.2, 0.25) is 0 Å². The Hall–Kier alpha value is -0.290. The molecule has 0 spiro atoms. The molecule has 5 heteroatoms. The first kappa shape index (κ1) is 15.1. The Balaban J connectivity index is 0.00000133. The standard InChI is InChI=1S/C14H13Br2NO.ClH/c15-9-1-5-12(13(16)7-9)14-6-4-11(18-14)8-17-10-2-3-10;/h1,4-7,10,17H,2-3,8H2;1H. The van der Waals surface area contributed by atoms with Crippen LogP contribution in [0.4, 0.5) is 0 Å². The molecule has 2 aromatic rings. The number of rotatable bonds is 4. The molecule has 1 aromatic carbocycles. The van der Waals surface area contributed by atoms with E-state index in [-0.39, 0.29) is 12.4 Å². The molecule has 0 amide bonds. The quantitative estimate of drug-likeness (QED) is 0.759. The van der Waals surface area contributed by atoms with Gasteiger partial charge in [0.25, 0.3) is 0 Å². The summed E-state index contributed by atoms with van der Waals surface area (Å²) in [6.07, 6.45) is 2.59. The molecule has 1 fully saturated rings. The van der Waals surface area contributed by atoms with Crippen molar-refractivity contribution in [2.75, 3.05) is 0 Å². The van der Waals surface area contributed by atoms with Gasteiger partial charge in [0.05, 0.1) is 6.54 Å². The molecule has 1 aliphatic carbocycles. The van der Waals surface area contributed by atoms with E-state index >= 15 is 0 Å². The van der Waals surface area contributed by atoms with Crippen LogP contribution in [0.25, 0.3) is 11.3 Å². The third-order valence-corrected chi connectivity index (χ3v) is 4.15. The second-order valence-corrected chi connectivity index (χ2v) is 6.32. The first-order valence-corrected chi connectivity index (χ1v) is 7.58. The minimum atomic E-state index is 0. The number of hydrogen-bond donors (Lipinski definition) is 1. The summed E-state index contributed by atoms with van der Waals surface area (Å²) >= 11 is 7.01. The molecule has 0 atom stereocenters. The lowest BCUT2D eigenvalue weighted by molar-refractivity contribution is 0.492. The van der Waals surface area contributed by atoms with Crippen LogP contribution in [0.5, 0.6) is 0 Å². The van der Waals surface area contributed by atoms with Crippen LogP contribution in [-0.4, -0.2) is 6.04 Å². The number of hydrogen-bond acceptors (Lipinski definition) is 2. The van der Waals surface area contributed by atoms with Gasteiger partial charge in [0.15, 0.2) is 0 Å². The van der Waals surface area contributed by atoms with Gasteiger partial charge in [0.1, 0.15) is 11.5 Å². The van der Waals surface area contributed by atoms with Crippen molar-refractivity contribution < 1.29 is 4.42 Å². The van der Waals surface area contributed by atoms with Gasteiger partial charge in [-0.3, -0.25) is 0 Å². The summed E-state index contributed by atoms with van der Waals surface area (Å²) in [4.78, 5) is 0. The van der Waals surface area contributed by atoms with E-state index < -0.39 is 0 Å². The molecule has 0 aliphatic heterocycles. The van der Waals surface area contributed by atoms with Crippen LogP contribution in [0.3, 0.4) is 0 Å². The summed E-state index contributed by atoms with van der Waals surface area (Å²) in [5.41, 5.74) is 1.08. The molecule has 1 N–H and O–H groups in total. The molecule has 0 bridgehead atoms. The van der Waals surface area contributed by atoms with Crippen LogP contribution < -0.4 is 5.32 Å². The van der Waals surface area contributed by atoms with Crippen LogP contribution in [-0.2, 0) is 6.54 Å². The molecule has 1 aliphatic rings. The highest BCUT2D eigenvalue weighted by Gasteiger charge is 2.20. The summed E-state index contributed by atoms with van der Waals surface area (Å²) < 4.78 is 7.95. The van der Waals surface area contributed by atoms with Crippen molar-refractivity contribution in [1.29, 1.82) is 0 Å². The predicted molar refractivity (Wildman–Crippen MR) is 86.7 cm³/mol. The lowest BCUT2D eigenvalue weighted by atomic mass is 10.2. The van der Waals surface area contributed by atoms with E-state index in [1.165, 1.54) is 12.8 Å². The minimum absolute atomic E-state index is 0. The highest BCUT2D eigenvalue weighted by atomic mass is 79.9. The monoisotopic (exact) mass is 405 g/mol. The van der Waals surface area contributed by atoms with Gasteiger partial charge in [-0.2, -0.15) is 0 Å². The molecule has 1 saturated carbocycles. The fraction of sp³-hybridized carbons (Fsp3) is 0.286.